The summed E-state index contributed by atoms with van der Waals surface area (Å²) in [5.41, 5.74) is 1.19. The highest BCUT2D eigenvalue weighted by atomic mass is 79.9. The lowest BCUT2D eigenvalue weighted by molar-refractivity contribution is -0.0253. The second kappa shape index (κ2) is 7.60. The van der Waals surface area contributed by atoms with Gasteiger partial charge in [0.2, 0.25) is 0 Å². The molecular formula is C14H20BrClN2O. The van der Waals surface area contributed by atoms with Crippen molar-refractivity contribution in [1.29, 1.82) is 0 Å². The molecule has 0 radical (unpaired) electrons. The predicted molar refractivity (Wildman–Crippen MR) is 82.7 cm³/mol. The molecule has 2 rings (SSSR count). The van der Waals surface area contributed by atoms with Crippen molar-refractivity contribution in [1.82, 2.24) is 10.2 Å². The van der Waals surface area contributed by atoms with Crippen LogP contribution in [0.25, 0.3) is 0 Å². The fourth-order valence-corrected chi connectivity index (χ4v) is 2.67. The number of rotatable bonds is 5. The topological polar surface area (TPSA) is 24.5 Å². The number of likely N-dealkylation sites (N-methyl/N-ethyl adjacent to an activating group) is 1. The minimum absolute atomic E-state index is 0.291. The van der Waals surface area contributed by atoms with Gasteiger partial charge >= 0.3 is 0 Å². The summed E-state index contributed by atoms with van der Waals surface area (Å²) in [6.07, 6.45) is 0.291. The number of hydrogen-bond donors (Lipinski definition) is 1. The molecule has 19 heavy (non-hydrogen) atoms. The quantitative estimate of drug-likeness (QED) is 0.886. The van der Waals surface area contributed by atoms with E-state index in [2.05, 4.69) is 39.1 Å². The Labute approximate surface area is 128 Å². The van der Waals surface area contributed by atoms with Gasteiger partial charge < -0.3 is 10.1 Å². The predicted octanol–water partition coefficient (Wildman–Crippen LogP) is 2.91. The molecule has 5 heteroatoms. The van der Waals surface area contributed by atoms with Crippen LogP contribution in [0.2, 0.25) is 5.02 Å². The maximum absolute atomic E-state index is 6.07. The number of morpholine rings is 1. The van der Waals surface area contributed by atoms with Crippen LogP contribution in [-0.2, 0) is 11.3 Å². The van der Waals surface area contributed by atoms with Gasteiger partial charge in [0.05, 0.1) is 17.7 Å². The first kappa shape index (κ1) is 15.3. The summed E-state index contributed by atoms with van der Waals surface area (Å²) in [4.78, 5) is 2.42. The van der Waals surface area contributed by atoms with Gasteiger partial charge in [-0.1, -0.05) is 24.6 Å². The van der Waals surface area contributed by atoms with Gasteiger partial charge in [-0.05, 0) is 40.2 Å². The van der Waals surface area contributed by atoms with Crippen molar-refractivity contribution in [3.63, 3.8) is 0 Å². The molecule has 1 saturated heterocycles. The van der Waals surface area contributed by atoms with Gasteiger partial charge in [0, 0.05) is 30.7 Å². The minimum Gasteiger partial charge on any atom is -0.374 e. The van der Waals surface area contributed by atoms with Gasteiger partial charge in [-0.2, -0.15) is 0 Å². The minimum atomic E-state index is 0.291. The third-order valence-electron chi connectivity index (χ3n) is 3.36. The molecule has 0 saturated carbocycles. The van der Waals surface area contributed by atoms with Crippen molar-refractivity contribution in [3.8, 4) is 0 Å². The van der Waals surface area contributed by atoms with Gasteiger partial charge in [-0.3, -0.25) is 4.90 Å². The van der Waals surface area contributed by atoms with Crippen LogP contribution in [0.4, 0.5) is 0 Å². The Bertz CT molecular complexity index is 416. The highest BCUT2D eigenvalue weighted by molar-refractivity contribution is 9.10. The molecule has 1 heterocycles. The van der Waals surface area contributed by atoms with Gasteiger partial charge in [-0.25, -0.2) is 0 Å². The Kier molecular flexibility index (Phi) is 6.10. The molecule has 1 aromatic carbocycles. The lowest BCUT2D eigenvalue weighted by Gasteiger charge is -2.32. The molecule has 3 nitrogen and oxygen atoms in total. The average Bonchev–Trinajstić information content (AvgIpc) is 2.43. The molecule has 0 amide bonds. The largest absolute Gasteiger partial charge is 0.374 e. The van der Waals surface area contributed by atoms with Crippen LogP contribution in [0.3, 0.4) is 0 Å². The summed E-state index contributed by atoms with van der Waals surface area (Å²) in [5, 5.41) is 4.19. The maximum Gasteiger partial charge on any atom is 0.0826 e. The van der Waals surface area contributed by atoms with Crippen LogP contribution >= 0.6 is 27.5 Å². The molecule has 0 bridgehead atoms. The first-order valence-corrected chi connectivity index (χ1v) is 7.84. The third kappa shape index (κ3) is 4.72. The molecule has 1 fully saturated rings. The second-order valence-corrected chi connectivity index (χ2v) is 6.03. The van der Waals surface area contributed by atoms with Crippen LogP contribution < -0.4 is 5.32 Å². The van der Waals surface area contributed by atoms with Crippen molar-refractivity contribution in [3.05, 3.63) is 33.3 Å². The molecule has 0 aromatic heterocycles. The van der Waals surface area contributed by atoms with E-state index >= 15 is 0 Å². The molecule has 1 atom stereocenters. The van der Waals surface area contributed by atoms with E-state index in [-0.39, 0.29) is 0 Å². The Morgan fingerprint density at radius 3 is 3.11 bits per heavy atom. The smallest absolute Gasteiger partial charge is 0.0826 e. The molecule has 1 N–H and O–H groups in total. The molecule has 1 unspecified atom stereocenters. The number of nitrogens with zero attached hydrogens (tertiary/aromatic N) is 1. The zero-order valence-electron chi connectivity index (χ0n) is 11.2. The lowest BCUT2D eigenvalue weighted by atomic mass is 10.2. The second-order valence-electron chi connectivity index (χ2n) is 4.77. The molecule has 106 valence electrons. The number of halogens is 2. The van der Waals surface area contributed by atoms with Gasteiger partial charge in [0.25, 0.3) is 0 Å². The zero-order chi connectivity index (χ0) is 13.7. The van der Waals surface area contributed by atoms with E-state index in [9.17, 15) is 0 Å². The van der Waals surface area contributed by atoms with Crippen molar-refractivity contribution in [2.75, 3.05) is 32.8 Å². The van der Waals surface area contributed by atoms with E-state index in [1.54, 1.807) is 0 Å². The third-order valence-corrected chi connectivity index (χ3v) is 4.59. The Hall–Kier alpha value is -0.130. The first-order valence-electron chi connectivity index (χ1n) is 6.67. The summed E-state index contributed by atoms with van der Waals surface area (Å²) in [5.74, 6) is 0. The number of ether oxygens (including phenoxy) is 1. The van der Waals surface area contributed by atoms with Crippen LogP contribution in [0.1, 0.15) is 12.5 Å². The van der Waals surface area contributed by atoms with Gasteiger partial charge in [0.1, 0.15) is 0 Å². The first-order chi connectivity index (χ1) is 9.19. The van der Waals surface area contributed by atoms with Crippen molar-refractivity contribution in [2.45, 2.75) is 19.6 Å². The van der Waals surface area contributed by atoms with E-state index in [0.717, 1.165) is 48.8 Å². The van der Waals surface area contributed by atoms with Crippen LogP contribution in [0, 0.1) is 0 Å². The fourth-order valence-electron chi connectivity index (χ4n) is 2.22. The summed E-state index contributed by atoms with van der Waals surface area (Å²) >= 11 is 9.47. The van der Waals surface area contributed by atoms with Crippen LogP contribution in [0.15, 0.2) is 22.7 Å². The van der Waals surface area contributed by atoms with Crippen molar-refractivity contribution < 1.29 is 4.74 Å². The van der Waals surface area contributed by atoms with Crippen molar-refractivity contribution in [2.24, 2.45) is 0 Å². The van der Waals surface area contributed by atoms with E-state index in [0.29, 0.717) is 6.10 Å². The molecule has 1 aliphatic rings. The van der Waals surface area contributed by atoms with Crippen molar-refractivity contribution >= 4 is 27.5 Å². The molecule has 0 aliphatic carbocycles. The number of benzene rings is 1. The van der Waals surface area contributed by atoms with E-state index < -0.39 is 0 Å². The SMILES string of the molecule is CCN1CCOC(CNCc2ccc(Br)c(Cl)c2)C1. The highest BCUT2D eigenvalue weighted by Gasteiger charge is 2.18. The normalized spacial score (nSPS) is 20.7. The Morgan fingerprint density at radius 1 is 1.53 bits per heavy atom. The Balaban J connectivity index is 1.75. The summed E-state index contributed by atoms with van der Waals surface area (Å²) < 4.78 is 6.69. The van der Waals surface area contributed by atoms with Gasteiger partial charge in [-0.15, -0.1) is 0 Å². The highest BCUT2D eigenvalue weighted by Crippen LogP contribution is 2.23. The molecular weight excluding hydrogens is 328 g/mol. The van der Waals surface area contributed by atoms with E-state index in [1.807, 2.05) is 12.1 Å². The molecule has 1 aromatic rings. The average molecular weight is 348 g/mol. The summed E-state index contributed by atoms with van der Waals surface area (Å²) in [6.45, 7) is 7.90. The molecule has 1 aliphatic heterocycles. The summed E-state index contributed by atoms with van der Waals surface area (Å²) in [6, 6.07) is 6.04. The fraction of sp³-hybridized carbons (Fsp3) is 0.571. The molecule has 0 spiro atoms. The monoisotopic (exact) mass is 346 g/mol. The van der Waals surface area contributed by atoms with Crippen LogP contribution in [-0.4, -0.2) is 43.8 Å². The summed E-state index contributed by atoms with van der Waals surface area (Å²) in [7, 11) is 0. The Morgan fingerprint density at radius 2 is 2.37 bits per heavy atom. The van der Waals surface area contributed by atoms with E-state index in [1.165, 1.54) is 5.56 Å². The maximum atomic E-state index is 6.07. The lowest BCUT2D eigenvalue weighted by Crippen LogP contribution is -2.46. The number of nitrogens with one attached hydrogen (secondary N) is 1. The van der Waals surface area contributed by atoms with Crippen LogP contribution in [0.5, 0.6) is 0 Å². The van der Waals surface area contributed by atoms with Gasteiger partial charge in [0.15, 0.2) is 0 Å². The van der Waals surface area contributed by atoms with E-state index in [4.69, 9.17) is 16.3 Å². The zero-order valence-corrected chi connectivity index (χ0v) is 13.5. The number of hydrogen-bond acceptors (Lipinski definition) is 3. The standard InChI is InChI=1S/C14H20BrClN2O/c1-2-18-5-6-19-12(10-18)9-17-8-11-3-4-13(15)14(16)7-11/h3-4,7,12,17H,2,5-6,8-10H2,1H3.